The van der Waals surface area contributed by atoms with Gasteiger partial charge in [-0.1, -0.05) is 52.0 Å². The van der Waals surface area contributed by atoms with Crippen molar-refractivity contribution >= 4 is 0 Å². The average molecular weight is 219 g/mol. The van der Waals surface area contributed by atoms with Gasteiger partial charge in [-0.2, -0.15) is 0 Å². The van der Waals surface area contributed by atoms with Crippen molar-refractivity contribution in [2.24, 2.45) is 5.41 Å². The van der Waals surface area contributed by atoms with Crippen LogP contribution in [0.1, 0.15) is 38.8 Å². The largest absolute Gasteiger partial charge is 0.302 e. The molecule has 0 N–H and O–H groups in total. The Bertz CT molecular complexity index is 305. The second-order valence-electron chi connectivity index (χ2n) is 5.90. The first-order chi connectivity index (χ1) is 7.40. The molecule has 0 heterocycles. The highest BCUT2D eigenvalue weighted by Gasteiger charge is 2.13. The molecule has 0 saturated heterocycles. The van der Waals surface area contributed by atoms with Crippen LogP contribution in [-0.4, -0.2) is 18.5 Å². The lowest BCUT2D eigenvalue weighted by atomic mass is 9.96. The molecule has 0 fully saturated rings. The molecule has 0 atom stereocenters. The van der Waals surface area contributed by atoms with Gasteiger partial charge in [-0.15, -0.1) is 0 Å². The van der Waals surface area contributed by atoms with Gasteiger partial charge in [0.05, 0.1) is 0 Å². The van der Waals surface area contributed by atoms with E-state index in [0.29, 0.717) is 5.41 Å². The standard InChI is InChI=1S/C15H25N/c1-6-13-7-9-14(10-8-13)11-16(5)12-15(2,3)4/h7-10H,6,11-12H2,1-5H3. The molecule has 1 aromatic rings. The zero-order valence-corrected chi connectivity index (χ0v) is 11.4. The van der Waals surface area contributed by atoms with Crippen LogP contribution in [0.15, 0.2) is 24.3 Å². The molecule has 90 valence electrons. The molecule has 0 aromatic heterocycles. The summed E-state index contributed by atoms with van der Waals surface area (Å²) in [5.41, 5.74) is 3.20. The van der Waals surface area contributed by atoms with Crippen molar-refractivity contribution in [3.05, 3.63) is 35.4 Å². The van der Waals surface area contributed by atoms with Crippen LogP contribution in [0, 0.1) is 5.41 Å². The van der Waals surface area contributed by atoms with Crippen molar-refractivity contribution < 1.29 is 0 Å². The Morgan fingerprint density at radius 2 is 1.50 bits per heavy atom. The lowest BCUT2D eigenvalue weighted by molar-refractivity contribution is 0.221. The van der Waals surface area contributed by atoms with Gasteiger partial charge < -0.3 is 4.90 Å². The van der Waals surface area contributed by atoms with E-state index in [9.17, 15) is 0 Å². The normalized spacial score (nSPS) is 12.1. The van der Waals surface area contributed by atoms with Crippen molar-refractivity contribution in [3.8, 4) is 0 Å². The van der Waals surface area contributed by atoms with Gasteiger partial charge in [-0.25, -0.2) is 0 Å². The predicted molar refractivity (Wildman–Crippen MR) is 71.6 cm³/mol. The quantitative estimate of drug-likeness (QED) is 0.746. The van der Waals surface area contributed by atoms with Crippen LogP contribution in [0.4, 0.5) is 0 Å². The van der Waals surface area contributed by atoms with E-state index in [1.807, 2.05) is 0 Å². The van der Waals surface area contributed by atoms with Gasteiger partial charge in [0.25, 0.3) is 0 Å². The van der Waals surface area contributed by atoms with Gasteiger partial charge in [0, 0.05) is 13.1 Å². The Morgan fingerprint density at radius 3 is 1.94 bits per heavy atom. The first-order valence-corrected chi connectivity index (χ1v) is 6.17. The molecular formula is C15H25N. The van der Waals surface area contributed by atoms with Gasteiger partial charge in [0.1, 0.15) is 0 Å². The Morgan fingerprint density at radius 1 is 1.00 bits per heavy atom. The maximum atomic E-state index is 2.39. The summed E-state index contributed by atoms with van der Waals surface area (Å²) in [6.45, 7) is 11.2. The molecule has 0 unspecified atom stereocenters. The fourth-order valence-electron chi connectivity index (χ4n) is 2.06. The minimum absolute atomic E-state index is 0.373. The van der Waals surface area contributed by atoms with Crippen LogP contribution in [0.2, 0.25) is 0 Å². The number of aryl methyl sites for hydroxylation is 1. The van der Waals surface area contributed by atoms with E-state index >= 15 is 0 Å². The molecule has 0 amide bonds. The molecule has 0 saturated carbocycles. The molecule has 0 aliphatic carbocycles. The highest BCUT2D eigenvalue weighted by Crippen LogP contribution is 2.16. The predicted octanol–water partition coefficient (Wildman–Crippen LogP) is 3.73. The van der Waals surface area contributed by atoms with Gasteiger partial charge in [-0.05, 0) is 30.0 Å². The van der Waals surface area contributed by atoms with E-state index in [1.165, 1.54) is 11.1 Å². The number of hydrogen-bond donors (Lipinski definition) is 0. The van der Waals surface area contributed by atoms with Crippen molar-refractivity contribution in [1.82, 2.24) is 4.90 Å². The third kappa shape index (κ3) is 4.80. The van der Waals surface area contributed by atoms with Crippen molar-refractivity contribution in [1.29, 1.82) is 0 Å². The molecule has 1 nitrogen and oxygen atoms in total. The number of rotatable bonds is 4. The summed E-state index contributed by atoms with van der Waals surface area (Å²) in [4.78, 5) is 2.39. The van der Waals surface area contributed by atoms with E-state index in [-0.39, 0.29) is 0 Å². The Labute approximate surface area is 100 Å². The lowest BCUT2D eigenvalue weighted by Gasteiger charge is -2.26. The number of benzene rings is 1. The lowest BCUT2D eigenvalue weighted by Crippen LogP contribution is -2.28. The fraction of sp³-hybridized carbons (Fsp3) is 0.600. The van der Waals surface area contributed by atoms with E-state index in [2.05, 4.69) is 63.9 Å². The molecule has 1 aromatic carbocycles. The summed E-state index contributed by atoms with van der Waals surface area (Å²) in [6.07, 6.45) is 1.12. The van der Waals surface area contributed by atoms with Gasteiger partial charge in [-0.3, -0.25) is 0 Å². The van der Waals surface area contributed by atoms with Gasteiger partial charge >= 0.3 is 0 Å². The highest BCUT2D eigenvalue weighted by atomic mass is 15.1. The number of hydrogen-bond acceptors (Lipinski definition) is 1. The molecule has 0 spiro atoms. The SMILES string of the molecule is CCc1ccc(CN(C)CC(C)(C)C)cc1. The summed E-state index contributed by atoms with van der Waals surface area (Å²) in [6, 6.07) is 8.97. The summed E-state index contributed by atoms with van der Waals surface area (Å²) in [5.74, 6) is 0. The topological polar surface area (TPSA) is 3.24 Å². The molecule has 1 heteroatoms. The average Bonchev–Trinajstić information content (AvgIpc) is 2.16. The minimum Gasteiger partial charge on any atom is -0.302 e. The van der Waals surface area contributed by atoms with Crippen LogP contribution in [0.3, 0.4) is 0 Å². The second kappa shape index (κ2) is 5.49. The first kappa shape index (κ1) is 13.2. The maximum absolute atomic E-state index is 2.39. The molecule has 0 aliphatic heterocycles. The third-order valence-corrected chi connectivity index (χ3v) is 2.63. The Hall–Kier alpha value is -0.820. The second-order valence-corrected chi connectivity index (χ2v) is 5.90. The summed E-state index contributed by atoms with van der Waals surface area (Å²) < 4.78 is 0. The van der Waals surface area contributed by atoms with Gasteiger partial charge in [0.2, 0.25) is 0 Å². The van der Waals surface area contributed by atoms with Crippen LogP contribution in [0.25, 0.3) is 0 Å². The minimum atomic E-state index is 0.373. The van der Waals surface area contributed by atoms with Gasteiger partial charge in [0.15, 0.2) is 0 Å². The third-order valence-electron chi connectivity index (χ3n) is 2.63. The van der Waals surface area contributed by atoms with Crippen LogP contribution in [-0.2, 0) is 13.0 Å². The number of nitrogens with zero attached hydrogens (tertiary/aromatic N) is 1. The summed E-state index contributed by atoms with van der Waals surface area (Å²) in [5, 5.41) is 0. The van der Waals surface area contributed by atoms with E-state index in [0.717, 1.165) is 19.5 Å². The molecule has 0 radical (unpaired) electrons. The van der Waals surface area contributed by atoms with E-state index < -0.39 is 0 Å². The van der Waals surface area contributed by atoms with Crippen molar-refractivity contribution in [2.45, 2.75) is 40.7 Å². The molecule has 16 heavy (non-hydrogen) atoms. The zero-order valence-electron chi connectivity index (χ0n) is 11.4. The van der Waals surface area contributed by atoms with Crippen molar-refractivity contribution in [3.63, 3.8) is 0 Å². The van der Waals surface area contributed by atoms with E-state index in [4.69, 9.17) is 0 Å². The molecule has 0 aliphatic rings. The zero-order chi connectivity index (χ0) is 12.2. The highest BCUT2D eigenvalue weighted by molar-refractivity contribution is 5.22. The molecule has 0 bridgehead atoms. The summed E-state index contributed by atoms with van der Waals surface area (Å²) >= 11 is 0. The summed E-state index contributed by atoms with van der Waals surface area (Å²) in [7, 11) is 2.19. The smallest absolute Gasteiger partial charge is 0.0230 e. The molecular weight excluding hydrogens is 194 g/mol. The monoisotopic (exact) mass is 219 g/mol. The Balaban J connectivity index is 2.53. The molecule has 1 rings (SSSR count). The van der Waals surface area contributed by atoms with Crippen LogP contribution in [0.5, 0.6) is 0 Å². The van der Waals surface area contributed by atoms with E-state index in [1.54, 1.807) is 0 Å². The van der Waals surface area contributed by atoms with Crippen molar-refractivity contribution in [2.75, 3.05) is 13.6 Å². The fourth-order valence-corrected chi connectivity index (χ4v) is 2.06. The van der Waals surface area contributed by atoms with Crippen LogP contribution >= 0.6 is 0 Å². The maximum Gasteiger partial charge on any atom is 0.0230 e. The van der Waals surface area contributed by atoms with Crippen LogP contribution < -0.4 is 0 Å². The first-order valence-electron chi connectivity index (χ1n) is 6.17. The Kier molecular flexibility index (Phi) is 4.55.